The lowest BCUT2D eigenvalue weighted by Crippen LogP contribution is -2.42. The molecule has 186 valence electrons. The number of likely N-dealkylation sites (tertiary alicyclic amines) is 1. The number of hydrogen-bond donors (Lipinski definition) is 2. The number of furan rings is 1. The van der Waals surface area contributed by atoms with Gasteiger partial charge in [0.1, 0.15) is 11.3 Å². The summed E-state index contributed by atoms with van der Waals surface area (Å²) < 4.78 is 17.1. The number of amides is 1. The smallest absolute Gasteiger partial charge is 0.287 e. The Morgan fingerprint density at radius 3 is 2.80 bits per heavy atom. The lowest BCUT2D eigenvalue weighted by Gasteiger charge is -2.38. The van der Waals surface area contributed by atoms with E-state index in [0.717, 1.165) is 55.8 Å². The Morgan fingerprint density at radius 2 is 2.03 bits per heavy atom. The standard InChI is InChI=1S/C28H34N2O5/c1-2-33-24-8-4-3-6-20(24)19-30-13-11-28(32,12-14-30)22-9-10-25-21(16-22)17-26(35-25)27(31)29-18-23-7-5-15-34-23/h3-4,6,8-10,16-17,23,32H,2,5,7,11-15,18-19H2,1H3,(H,29,31)/t23-/m1/s1. The molecule has 3 heterocycles. The molecule has 0 bridgehead atoms. The molecule has 0 unspecified atom stereocenters. The van der Waals surface area contributed by atoms with Crippen LogP contribution in [0.25, 0.3) is 11.0 Å². The van der Waals surface area contributed by atoms with E-state index in [4.69, 9.17) is 13.9 Å². The zero-order valence-corrected chi connectivity index (χ0v) is 20.3. The summed E-state index contributed by atoms with van der Waals surface area (Å²) in [6.45, 7) is 6.27. The Balaban J connectivity index is 1.22. The van der Waals surface area contributed by atoms with Crippen LogP contribution in [-0.4, -0.2) is 54.9 Å². The second-order valence-corrected chi connectivity index (χ2v) is 9.56. The van der Waals surface area contributed by atoms with E-state index in [2.05, 4.69) is 16.3 Å². The first-order valence-corrected chi connectivity index (χ1v) is 12.6. The summed E-state index contributed by atoms with van der Waals surface area (Å²) in [6, 6.07) is 15.6. The number of ether oxygens (including phenoxy) is 2. The maximum absolute atomic E-state index is 12.5. The number of para-hydroxylation sites is 1. The van der Waals surface area contributed by atoms with Gasteiger partial charge in [0, 0.05) is 43.7 Å². The van der Waals surface area contributed by atoms with Crippen LogP contribution >= 0.6 is 0 Å². The highest BCUT2D eigenvalue weighted by atomic mass is 16.5. The molecular weight excluding hydrogens is 444 g/mol. The Kier molecular flexibility index (Phi) is 7.09. The van der Waals surface area contributed by atoms with Gasteiger partial charge in [-0.3, -0.25) is 9.69 Å². The van der Waals surface area contributed by atoms with Crippen LogP contribution in [0.2, 0.25) is 0 Å². The van der Waals surface area contributed by atoms with Crippen molar-refractivity contribution in [1.82, 2.24) is 10.2 Å². The Hall–Kier alpha value is -2.87. The normalized spacial score (nSPS) is 20.2. The summed E-state index contributed by atoms with van der Waals surface area (Å²) in [5.41, 5.74) is 1.78. The highest BCUT2D eigenvalue weighted by Gasteiger charge is 2.34. The molecule has 2 fully saturated rings. The van der Waals surface area contributed by atoms with Crippen LogP contribution in [0.3, 0.4) is 0 Å². The molecule has 5 rings (SSSR count). The van der Waals surface area contributed by atoms with Gasteiger partial charge in [-0.25, -0.2) is 0 Å². The van der Waals surface area contributed by atoms with Gasteiger partial charge in [-0.05, 0) is 62.4 Å². The van der Waals surface area contributed by atoms with E-state index in [1.54, 1.807) is 6.07 Å². The van der Waals surface area contributed by atoms with E-state index in [1.807, 2.05) is 43.3 Å². The Bertz CT molecular complexity index is 1160. The molecule has 2 aliphatic rings. The van der Waals surface area contributed by atoms with Crippen LogP contribution in [0.15, 0.2) is 52.9 Å². The SMILES string of the molecule is CCOc1ccccc1CN1CCC(O)(c2ccc3oc(C(=O)NC[C@H]4CCCO4)cc3c2)CC1. The van der Waals surface area contributed by atoms with Gasteiger partial charge in [-0.15, -0.1) is 0 Å². The van der Waals surface area contributed by atoms with Gasteiger partial charge in [-0.1, -0.05) is 24.3 Å². The largest absolute Gasteiger partial charge is 0.494 e. The molecule has 7 heteroatoms. The summed E-state index contributed by atoms with van der Waals surface area (Å²) in [6.07, 6.45) is 3.38. The summed E-state index contributed by atoms with van der Waals surface area (Å²) in [5, 5.41) is 15.2. The van der Waals surface area contributed by atoms with Crippen LogP contribution in [0.4, 0.5) is 0 Å². The summed E-state index contributed by atoms with van der Waals surface area (Å²) in [5.74, 6) is 0.972. The van der Waals surface area contributed by atoms with E-state index in [1.165, 1.54) is 5.56 Å². The average Bonchev–Trinajstić information content (AvgIpc) is 3.55. The summed E-state index contributed by atoms with van der Waals surface area (Å²) >= 11 is 0. The van der Waals surface area contributed by atoms with Crippen molar-refractivity contribution < 1.29 is 23.8 Å². The number of nitrogens with zero attached hydrogens (tertiary/aromatic N) is 1. The quantitative estimate of drug-likeness (QED) is 0.504. The van der Waals surface area contributed by atoms with E-state index in [9.17, 15) is 9.90 Å². The third-order valence-corrected chi connectivity index (χ3v) is 7.14. The Labute approximate surface area is 206 Å². The third kappa shape index (κ3) is 5.37. The van der Waals surface area contributed by atoms with Gasteiger partial charge in [0.25, 0.3) is 5.91 Å². The fourth-order valence-electron chi connectivity index (χ4n) is 5.09. The molecule has 1 atom stereocenters. The minimum atomic E-state index is -0.899. The number of nitrogens with one attached hydrogen (secondary N) is 1. The minimum absolute atomic E-state index is 0.0858. The molecule has 2 aromatic carbocycles. The molecule has 35 heavy (non-hydrogen) atoms. The average molecular weight is 479 g/mol. The molecule has 3 aromatic rings. The van der Waals surface area contributed by atoms with Gasteiger partial charge in [0.2, 0.25) is 0 Å². The van der Waals surface area contributed by atoms with Gasteiger partial charge in [0.05, 0.1) is 18.3 Å². The van der Waals surface area contributed by atoms with Crippen molar-refractivity contribution in [3.63, 3.8) is 0 Å². The first-order chi connectivity index (χ1) is 17.0. The molecule has 0 aliphatic carbocycles. The van der Waals surface area contributed by atoms with Crippen molar-refractivity contribution in [1.29, 1.82) is 0 Å². The second-order valence-electron chi connectivity index (χ2n) is 9.56. The number of aliphatic hydroxyl groups is 1. The van der Waals surface area contributed by atoms with E-state index in [-0.39, 0.29) is 17.8 Å². The summed E-state index contributed by atoms with van der Waals surface area (Å²) in [4.78, 5) is 14.9. The maximum atomic E-state index is 12.5. The molecule has 0 spiro atoms. The molecule has 2 saturated heterocycles. The predicted octanol–water partition coefficient (Wildman–Crippen LogP) is 4.22. The number of carbonyl (C=O) groups is 1. The fraction of sp³-hybridized carbons (Fsp3) is 0.464. The third-order valence-electron chi connectivity index (χ3n) is 7.14. The van der Waals surface area contributed by atoms with Crippen molar-refractivity contribution in [2.24, 2.45) is 0 Å². The van der Waals surface area contributed by atoms with Crippen LogP contribution in [0, 0.1) is 0 Å². The molecule has 1 amide bonds. The highest BCUT2D eigenvalue weighted by Crippen LogP contribution is 2.36. The van der Waals surface area contributed by atoms with Gasteiger partial charge in [-0.2, -0.15) is 0 Å². The van der Waals surface area contributed by atoms with Crippen LogP contribution < -0.4 is 10.1 Å². The number of benzene rings is 2. The number of rotatable bonds is 8. The van der Waals surface area contributed by atoms with Crippen LogP contribution in [0.1, 0.15) is 54.3 Å². The Morgan fingerprint density at radius 1 is 1.20 bits per heavy atom. The van der Waals surface area contributed by atoms with Crippen molar-refractivity contribution in [3.05, 3.63) is 65.4 Å². The zero-order chi connectivity index (χ0) is 24.3. The number of fused-ring (bicyclic) bond motifs is 1. The van der Waals surface area contributed by atoms with E-state index >= 15 is 0 Å². The highest BCUT2D eigenvalue weighted by molar-refractivity contribution is 5.96. The van der Waals surface area contributed by atoms with Crippen molar-refractivity contribution >= 4 is 16.9 Å². The monoisotopic (exact) mass is 478 g/mol. The topological polar surface area (TPSA) is 84.2 Å². The predicted molar refractivity (Wildman–Crippen MR) is 134 cm³/mol. The van der Waals surface area contributed by atoms with Crippen LogP contribution in [0.5, 0.6) is 5.75 Å². The van der Waals surface area contributed by atoms with E-state index in [0.29, 0.717) is 31.6 Å². The minimum Gasteiger partial charge on any atom is -0.494 e. The number of hydrogen-bond acceptors (Lipinski definition) is 6. The first-order valence-electron chi connectivity index (χ1n) is 12.6. The lowest BCUT2D eigenvalue weighted by atomic mass is 9.84. The molecule has 0 saturated carbocycles. The van der Waals surface area contributed by atoms with Crippen molar-refractivity contribution in [2.45, 2.75) is 50.9 Å². The summed E-state index contributed by atoms with van der Waals surface area (Å²) in [7, 11) is 0. The number of piperidine rings is 1. The molecule has 1 aromatic heterocycles. The van der Waals surface area contributed by atoms with Gasteiger partial charge in [0.15, 0.2) is 5.76 Å². The van der Waals surface area contributed by atoms with E-state index < -0.39 is 5.60 Å². The molecule has 2 aliphatic heterocycles. The van der Waals surface area contributed by atoms with Gasteiger partial charge >= 0.3 is 0 Å². The molecule has 7 nitrogen and oxygen atoms in total. The molecular formula is C28H34N2O5. The second kappa shape index (κ2) is 10.4. The lowest BCUT2D eigenvalue weighted by molar-refractivity contribution is -0.0277. The van der Waals surface area contributed by atoms with Gasteiger partial charge < -0.3 is 24.3 Å². The first kappa shape index (κ1) is 23.9. The molecule has 2 N–H and O–H groups in total. The maximum Gasteiger partial charge on any atom is 0.287 e. The van der Waals surface area contributed by atoms with Crippen molar-refractivity contribution in [2.75, 3.05) is 32.8 Å². The fourth-order valence-corrected chi connectivity index (χ4v) is 5.09. The number of carbonyl (C=O) groups excluding carboxylic acids is 1. The van der Waals surface area contributed by atoms with Crippen LogP contribution in [-0.2, 0) is 16.9 Å². The molecule has 0 radical (unpaired) electrons. The zero-order valence-electron chi connectivity index (χ0n) is 20.3. The van der Waals surface area contributed by atoms with Crippen molar-refractivity contribution in [3.8, 4) is 5.75 Å².